The van der Waals surface area contributed by atoms with Gasteiger partial charge in [-0.3, -0.25) is 9.52 Å². The van der Waals surface area contributed by atoms with Crippen molar-refractivity contribution in [1.82, 2.24) is 24.9 Å². The lowest BCUT2D eigenvalue weighted by Crippen LogP contribution is -2.43. The Morgan fingerprint density at radius 1 is 1.10 bits per heavy atom. The van der Waals surface area contributed by atoms with E-state index in [0.29, 0.717) is 16.6 Å². The maximum atomic E-state index is 12.7. The fourth-order valence-corrected chi connectivity index (χ4v) is 5.62. The average Bonchev–Trinajstić information content (AvgIpc) is 3.35. The van der Waals surface area contributed by atoms with E-state index in [2.05, 4.69) is 20.0 Å². The van der Waals surface area contributed by atoms with Crippen LogP contribution in [0, 0.1) is 17.2 Å². The number of aromatic carboxylic acids is 1. The molecule has 0 bridgehead atoms. The summed E-state index contributed by atoms with van der Waals surface area (Å²) in [4.78, 5) is 37.3. The largest absolute Gasteiger partial charge is 0.545 e. The smallest absolute Gasteiger partial charge is 0.259 e. The summed E-state index contributed by atoms with van der Waals surface area (Å²) in [6.07, 6.45) is 0.566. The van der Waals surface area contributed by atoms with Crippen molar-refractivity contribution < 1.29 is 28.0 Å². The van der Waals surface area contributed by atoms with Crippen molar-refractivity contribution >= 4 is 38.8 Å². The monoisotopic (exact) mass is 560 g/mol. The van der Waals surface area contributed by atoms with E-state index in [-0.39, 0.29) is 48.9 Å². The van der Waals surface area contributed by atoms with Crippen LogP contribution in [-0.2, 0) is 20.6 Å². The molecule has 0 aliphatic carbocycles. The molecule has 0 radical (unpaired) electrons. The van der Waals surface area contributed by atoms with Crippen molar-refractivity contribution in [3.63, 3.8) is 0 Å². The number of fused-ring (bicyclic) bond motifs is 1. The Morgan fingerprint density at radius 2 is 1.80 bits per heavy atom. The number of anilines is 1. The van der Waals surface area contributed by atoms with Crippen LogP contribution in [-0.4, -0.2) is 53.5 Å². The van der Waals surface area contributed by atoms with Crippen molar-refractivity contribution in [2.45, 2.75) is 18.6 Å². The van der Waals surface area contributed by atoms with E-state index in [1.54, 1.807) is 59.5 Å². The van der Waals surface area contributed by atoms with E-state index in [4.69, 9.17) is 4.84 Å². The molecule has 1 N–H and O–H groups in total. The van der Waals surface area contributed by atoms with E-state index in [1.165, 1.54) is 0 Å². The highest BCUT2D eigenvalue weighted by Crippen LogP contribution is 2.30. The topological polar surface area (TPSA) is 183 Å². The molecular formula is C26H22N7O6S-. The minimum atomic E-state index is -3.88. The summed E-state index contributed by atoms with van der Waals surface area (Å²) in [6, 6.07) is 18.5. The summed E-state index contributed by atoms with van der Waals surface area (Å²) in [6.45, 7) is 0.518. The maximum Gasteiger partial charge on any atom is 0.259 e. The Hall–Kier alpha value is -5.03. The Balaban J connectivity index is 1.32. The molecule has 2 aromatic carbocycles. The molecule has 1 fully saturated rings. The molecule has 0 spiro atoms. The van der Waals surface area contributed by atoms with Gasteiger partial charge in [0.2, 0.25) is 15.9 Å². The second-order valence-electron chi connectivity index (χ2n) is 9.13. The third-order valence-corrected chi connectivity index (χ3v) is 7.65. The lowest BCUT2D eigenvalue weighted by molar-refractivity contribution is -0.255. The summed E-state index contributed by atoms with van der Waals surface area (Å²) in [7, 11) is -3.88. The molecule has 4 aromatic rings. The number of nitrogens with one attached hydrogen (secondary N) is 1. The lowest BCUT2D eigenvalue weighted by atomic mass is 9.96. The molecule has 0 unspecified atom stereocenters. The number of piperidine rings is 1. The van der Waals surface area contributed by atoms with Gasteiger partial charge >= 0.3 is 0 Å². The Kier molecular flexibility index (Phi) is 7.30. The molecular weight excluding hydrogens is 538 g/mol. The Labute approximate surface area is 228 Å². The zero-order valence-corrected chi connectivity index (χ0v) is 21.7. The van der Waals surface area contributed by atoms with Crippen molar-refractivity contribution in [3.05, 3.63) is 77.4 Å². The second-order valence-corrected chi connectivity index (χ2v) is 10.8. The average molecular weight is 561 g/mol. The molecule has 3 heterocycles. The molecule has 2 aromatic heterocycles. The number of nitriles is 1. The van der Waals surface area contributed by atoms with Crippen LogP contribution < -0.4 is 19.6 Å². The van der Waals surface area contributed by atoms with Gasteiger partial charge in [-0.25, -0.2) is 8.42 Å². The molecule has 1 saturated heterocycles. The zero-order chi connectivity index (χ0) is 28.3. The van der Waals surface area contributed by atoms with Gasteiger partial charge in [0.15, 0.2) is 5.82 Å². The fourth-order valence-electron chi connectivity index (χ4n) is 4.44. The number of aromatic nitrogens is 4. The summed E-state index contributed by atoms with van der Waals surface area (Å²) in [5.41, 5.74) is 1.07. The predicted molar refractivity (Wildman–Crippen MR) is 139 cm³/mol. The van der Waals surface area contributed by atoms with Crippen LogP contribution in [0.1, 0.15) is 34.3 Å². The van der Waals surface area contributed by atoms with Gasteiger partial charge in [0.1, 0.15) is 17.1 Å². The van der Waals surface area contributed by atoms with Crippen LogP contribution in [0.4, 0.5) is 5.82 Å². The van der Waals surface area contributed by atoms with Gasteiger partial charge in [-0.2, -0.15) is 10.2 Å². The Bertz CT molecular complexity index is 1730. The van der Waals surface area contributed by atoms with Gasteiger partial charge in [0.25, 0.3) is 5.88 Å². The number of amides is 1. The van der Waals surface area contributed by atoms with E-state index in [0.717, 1.165) is 10.9 Å². The summed E-state index contributed by atoms with van der Waals surface area (Å²) >= 11 is 0. The molecule has 5 rings (SSSR count). The number of hydrogen-bond acceptors (Lipinski definition) is 11. The quantitative estimate of drug-likeness (QED) is 0.321. The van der Waals surface area contributed by atoms with Gasteiger partial charge in [-0.05, 0) is 41.8 Å². The number of pyridine rings is 1. The number of carboxylic acid groups (broad SMARTS) is 1. The summed E-state index contributed by atoms with van der Waals surface area (Å²) in [5, 5.41) is 29.4. The SMILES string of the molecule is N#Cc1cc(C(=O)[O-])c(On2nnc3ccccc32)nc1N1CCC(C(=O)NS(=O)(=O)Cc2ccccc2)CC1. The fraction of sp³-hybridized carbons (Fsp3) is 0.231. The molecule has 1 amide bonds. The molecule has 0 saturated carbocycles. The number of para-hydroxylation sites is 1. The highest BCUT2D eigenvalue weighted by Gasteiger charge is 2.30. The minimum absolute atomic E-state index is 0.0247. The zero-order valence-electron chi connectivity index (χ0n) is 20.9. The second kappa shape index (κ2) is 11.0. The van der Waals surface area contributed by atoms with Gasteiger partial charge in [0.05, 0.1) is 22.8 Å². The summed E-state index contributed by atoms with van der Waals surface area (Å²) in [5.74, 6) is -3.28. The van der Waals surface area contributed by atoms with Crippen molar-refractivity contribution in [2.75, 3.05) is 18.0 Å². The van der Waals surface area contributed by atoms with Gasteiger partial charge in [-0.1, -0.05) is 47.3 Å². The number of carbonyl (C=O) groups is 2. The van der Waals surface area contributed by atoms with Gasteiger partial charge in [-0.15, -0.1) is 5.10 Å². The van der Waals surface area contributed by atoms with E-state index in [9.17, 15) is 28.4 Å². The van der Waals surface area contributed by atoms with E-state index in [1.807, 2.05) is 6.07 Å². The first-order valence-corrected chi connectivity index (χ1v) is 13.9. The molecule has 1 aliphatic heterocycles. The van der Waals surface area contributed by atoms with Crippen LogP contribution in [0.25, 0.3) is 11.0 Å². The van der Waals surface area contributed by atoms with Crippen LogP contribution in [0.5, 0.6) is 5.88 Å². The lowest BCUT2D eigenvalue weighted by Gasteiger charge is -2.32. The molecule has 13 nitrogen and oxygen atoms in total. The number of hydrogen-bond donors (Lipinski definition) is 1. The molecule has 1 aliphatic rings. The number of nitrogens with zero attached hydrogens (tertiary/aromatic N) is 6. The van der Waals surface area contributed by atoms with Crippen LogP contribution in [0.3, 0.4) is 0 Å². The number of carboxylic acids is 1. The van der Waals surface area contributed by atoms with E-state index < -0.39 is 33.4 Å². The molecule has 0 atom stereocenters. The first-order valence-electron chi connectivity index (χ1n) is 12.2. The normalized spacial score (nSPS) is 14.0. The Morgan fingerprint density at radius 3 is 2.50 bits per heavy atom. The minimum Gasteiger partial charge on any atom is -0.545 e. The maximum absolute atomic E-state index is 12.7. The number of carbonyl (C=O) groups excluding carboxylic acids is 2. The summed E-state index contributed by atoms with van der Waals surface area (Å²) < 4.78 is 27.1. The first-order chi connectivity index (χ1) is 19.2. The van der Waals surface area contributed by atoms with Crippen molar-refractivity contribution in [1.29, 1.82) is 5.26 Å². The van der Waals surface area contributed by atoms with Gasteiger partial charge in [0, 0.05) is 19.0 Å². The number of sulfonamides is 1. The number of benzene rings is 2. The third kappa shape index (κ3) is 5.69. The van der Waals surface area contributed by atoms with Crippen LogP contribution in [0.15, 0.2) is 60.7 Å². The first kappa shape index (κ1) is 26.6. The highest BCUT2D eigenvalue weighted by molar-refractivity contribution is 7.89. The van der Waals surface area contributed by atoms with Crippen LogP contribution >= 0.6 is 0 Å². The highest BCUT2D eigenvalue weighted by atomic mass is 32.2. The van der Waals surface area contributed by atoms with Crippen molar-refractivity contribution in [3.8, 4) is 11.9 Å². The van der Waals surface area contributed by atoms with E-state index >= 15 is 0 Å². The molecule has 14 heteroatoms. The third-order valence-electron chi connectivity index (χ3n) is 6.42. The predicted octanol–water partition coefficient (Wildman–Crippen LogP) is 0.766. The van der Waals surface area contributed by atoms with Gasteiger partial charge < -0.3 is 19.6 Å². The molecule has 40 heavy (non-hydrogen) atoms. The van der Waals surface area contributed by atoms with Crippen LogP contribution in [0.2, 0.25) is 0 Å². The molecule has 204 valence electrons. The standard InChI is InChI=1S/C26H23N7O6S/c27-15-19-14-20(26(35)36)25(39-33-22-9-5-4-8-21(22)29-31-33)28-23(19)32-12-10-18(11-13-32)24(34)30-40(37,38)16-17-6-2-1-3-7-17/h1-9,14,18H,10-13,16H2,(H,30,34)(H,35,36)/p-1. The number of rotatable bonds is 8. The van der Waals surface area contributed by atoms with Crippen molar-refractivity contribution in [2.24, 2.45) is 5.92 Å².